The molecule has 1 aliphatic rings. The average molecular weight is 333 g/mol. The number of ether oxygens (including phenoxy) is 2. The molecule has 1 saturated heterocycles. The summed E-state index contributed by atoms with van der Waals surface area (Å²) in [5.74, 6) is 0.855. The van der Waals surface area contributed by atoms with Crippen LogP contribution in [-0.4, -0.2) is 45.0 Å². The molecule has 2 N–H and O–H groups in total. The fourth-order valence-electron chi connectivity index (χ4n) is 2.70. The normalized spacial score (nSPS) is 19.2. The number of nitrogens with zero attached hydrogens (tertiary/aromatic N) is 1. The van der Waals surface area contributed by atoms with Crippen molar-refractivity contribution in [1.29, 1.82) is 0 Å². The standard InChI is InChI=1S/C19H31N3O2/c1-3-20-19(22-16(2)17-9-5-4-6-10-17)21-12-8-13-23-15-18-11-7-14-24-18/h4-6,9-10,16,18H,3,7-8,11-15H2,1-2H3,(H2,20,21,22). The second-order valence-corrected chi connectivity index (χ2v) is 6.10. The Morgan fingerprint density at radius 2 is 2.21 bits per heavy atom. The lowest BCUT2D eigenvalue weighted by Crippen LogP contribution is -2.38. The predicted octanol–water partition coefficient (Wildman–Crippen LogP) is 2.89. The fourth-order valence-corrected chi connectivity index (χ4v) is 2.70. The van der Waals surface area contributed by atoms with E-state index in [1.165, 1.54) is 5.56 Å². The summed E-state index contributed by atoms with van der Waals surface area (Å²) in [5, 5.41) is 6.74. The van der Waals surface area contributed by atoms with Crippen LogP contribution in [0, 0.1) is 0 Å². The third-order valence-electron chi connectivity index (χ3n) is 4.04. The highest BCUT2D eigenvalue weighted by Crippen LogP contribution is 2.12. The Hall–Kier alpha value is -1.59. The quantitative estimate of drug-likeness (QED) is 0.414. The van der Waals surface area contributed by atoms with Crippen molar-refractivity contribution in [2.24, 2.45) is 4.99 Å². The summed E-state index contributed by atoms with van der Waals surface area (Å²) in [5.41, 5.74) is 1.25. The molecular weight excluding hydrogens is 302 g/mol. The largest absolute Gasteiger partial charge is 0.379 e. The number of benzene rings is 1. The zero-order valence-electron chi connectivity index (χ0n) is 15.0. The third-order valence-corrected chi connectivity index (χ3v) is 4.04. The Kier molecular flexibility index (Phi) is 8.63. The molecule has 0 amide bonds. The van der Waals surface area contributed by atoms with E-state index >= 15 is 0 Å². The Bertz CT molecular complexity index is 473. The maximum absolute atomic E-state index is 5.67. The zero-order chi connectivity index (χ0) is 17.0. The molecule has 2 atom stereocenters. The van der Waals surface area contributed by atoms with Crippen molar-refractivity contribution in [1.82, 2.24) is 10.6 Å². The van der Waals surface area contributed by atoms with E-state index < -0.39 is 0 Å². The van der Waals surface area contributed by atoms with E-state index in [1.807, 2.05) is 6.07 Å². The number of hydrogen-bond donors (Lipinski definition) is 2. The van der Waals surface area contributed by atoms with Crippen LogP contribution in [-0.2, 0) is 9.47 Å². The van der Waals surface area contributed by atoms with E-state index in [9.17, 15) is 0 Å². The van der Waals surface area contributed by atoms with Crippen LogP contribution in [0.2, 0.25) is 0 Å². The smallest absolute Gasteiger partial charge is 0.191 e. The van der Waals surface area contributed by atoms with Gasteiger partial charge in [0.15, 0.2) is 5.96 Å². The molecule has 0 radical (unpaired) electrons. The molecule has 5 nitrogen and oxygen atoms in total. The lowest BCUT2D eigenvalue weighted by molar-refractivity contribution is 0.0171. The van der Waals surface area contributed by atoms with Gasteiger partial charge in [-0.3, -0.25) is 4.99 Å². The lowest BCUT2D eigenvalue weighted by atomic mass is 10.1. The third kappa shape index (κ3) is 6.89. The molecule has 134 valence electrons. The monoisotopic (exact) mass is 333 g/mol. The molecule has 2 unspecified atom stereocenters. The Balaban J connectivity index is 1.67. The van der Waals surface area contributed by atoms with Gasteiger partial charge in [-0.1, -0.05) is 30.3 Å². The number of hydrogen-bond acceptors (Lipinski definition) is 3. The molecule has 1 aromatic carbocycles. The molecule has 0 aromatic heterocycles. The van der Waals surface area contributed by atoms with Crippen LogP contribution in [0.4, 0.5) is 0 Å². The molecule has 1 aromatic rings. The summed E-state index contributed by atoms with van der Waals surface area (Å²) < 4.78 is 11.2. The van der Waals surface area contributed by atoms with Crippen molar-refractivity contribution < 1.29 is 9.47 Å². The number of rotatable bonds is 9. The van der Waals surface area contributed by atoms with Crippen LogP contribution >= 0.6 is 0 Å². The molecule has 2 rings (SSSR count). The highest BCUT2D eigenvalue weighted by Gasteiger charge is 2.14. The summed E-state index contributed by atoms with van der Waals surface area (Å²) in [7, 11) is 0. The molecule has 1 aliphatic heterocycles. The molecule has 0 spiro atoms. The molecule has 1 heterocycles. The van der Waals surface area contributed by atoms with Crippen LogP contribution in [0.3, 0.4) is 0 Å². The minimum Gasteiger partial charge on any atom is -0.379 e. The summed E-state index contributed by atoms with van der Waals surface area (Å²) in [6.07, 6.45) is 3.52. The number of guanidine groups is 1. The van der Waals surface area contributed by atoms with Crippen LogP contribution in [0.1, 0.15) is 44.7 Å². The Labute approximate surface area is 145 Å². The number of aliphatic imine (C=N–C) groups is 1. The molecular formula is C19H31N3O2. The topological polar surface area (TPSA) is 54.9 Å². The van der Waals surface area contributed by atoms with Crippen molar-refractivity contribution in [2.75, 3.05) is 32.9 Å². The zero-order valence-corrected chi connectivity index (χ0v) is 15.0. The molecule has 1 fully saturated rings. The maximum Gasteiger partial charge on any atom is 0.191 e. The minimum atomic E-state index is 0.222. The first-order valence-corrected chi connectivity index (χ1v) is 9.08. The first-order valence-electron chi connectivity index (χ1n) is 9.08. The highest BCUT2D eigenvalue weighted by molar-refractivity contribution is 5.80. The second kappa shape index (κ2) is 11.0. The predicted molar refractivity (Wildman–Crippen MR) is 98.4 cm³/mol. The number of nitrogens with one attached hydrogen (secondary N) is 2. The van der Waals surface area contributed by atoms with Crippen molar-refractivity contribution in [3.8, 4) is 0 Å². The van der Waals surface area contributed by atoms with Crippen LogP contribution in [0.25, 0.3) is 0 Å². The van der Waals surface area contributed by atoms with Gasteiger partial charge in [0.05, 0.1) is 18.8 Å². The van der Waals surface area contributed by atoms with E-state index in [0.29, 0.717) is 12.7 Å². The lowest BCUT2D eigenvalue weighted by Gasteiger charge is -2.18. The first-order chi connectivity index (χ1) is 11.8. The maximum atomic E-state index is 5.67. The van der Waals surface area contributed by atoms with Gasteiger partial charge >= 0.3 is 0 Å². The van der Waals surface area contributed by atoms with Crippen LogP contribution in [0.5, 0.6) is 0 Å². The van der Waals surface area contributed by atoms with Gasteiger partial charge in [-0.05, 0) is 38.7 Å². The summed E-state index contributed by atoms with van der Waals surface area (Å²) in [6, 6.07) is 10.6. The van der Waals surface area contributed by atoms with Gasteiger partial charge in [-0.15, -0.1) is 0 Å². The Morgan fingerprint density at radius 1 is 1.38 bits per heavy atom. The average Bonchev–Trinajstić information content (AvgIpc) is 3.12. The van der Waals surface area contributed by atoms with Crippen LogP contribution in [0.15, 0.2) is 35.3 Å². The summed E-state index contributed by atoms with van der Waals surface area (Å²) in [4.78, 5) is 4.63. The second-order valence-electron chi connectivity index (χ2n) is 6.10. The summed E-state index contributed by atoms with van der Waals surface area (Å²) >= 11 is 0. The van der Waals surface area contributed by atoms with Gasteiger partial charge in [0.25, 0.3) is 0 Å². The minimum absolute atomic E-state index is 0.222. The van der Waals surface area contributed by atoms with Gasteiger partial charge in [0.1, 0.15) is 0 Å². The SMILES string of the molecule is CCNC(=NCCCOCC1CCCO1)NC(C)c1ccccc1. The van der Waals surface area contributed by atoms with Crippen LogP contribution < -0.4 is 10.6 Å². The van der Waals surface area contributed by atoms with Crippen molar-refractivity contribution >= 4 is 5.96 Å². The summed E-state index contributed by atoms with van der Waals surface area (Å²) in [6.45, 7) is 8.16. The highest BCUT2D eigenvalue weighted by atomic mass is 16.5. The van der Waals surface area contributed by atoms with Crippen molar-refractivity contribution in [3.05, 3.63) is 35.9 Å². The van der Waals surface area contributed by atoms with Gasteiger partial charge in [-0.2, -0.15) is 0 Å². The molecule has 0 saturated carbocycles. The van der Waals surface area contributed by atoms with E-state index in [2.05, 4.69) is 53.7 Å². The Morgan fingerprint density at radius 3 is 2.92 bits per heavy atom. The van der Waals surface area contributed by atoms with Gasteiger partial charge in [0, 0.05) is 26.3 Å². The van der Waals surface area contributed by atoms with Crippen molar-refractivity contribution in [3.63, 3.8) is 0 Å². The van der Waals surface area contributed by atoms with E-state index in [0.717, 1.165) is 51.5 Å². The van der Waals surface area contributed by atoms with E-state index in [-0.39, 0.29) is 6.04 Å². The molecule has 0 aliphatic carbocycles. The van der Waals surface area contributed by atoms with E-state index in [1.54, 1.807) is 0 Å². The van der Waals surface area contributed by atoms with Gasteiger partial charge in [-0.25, -0.2) is 0 Å². The first kappa shape index (κ1) is 18.7. The fraction of sp³-hybridized carbons (Fsp3) is 0.632. The van der Waals surface area contributed by atoms with Crippen molar-refractivity contribution in [2.45, 2.75) is 45.3 Å². The van der Waals surface area contributed by atoms with E-state index in [4.69, 9.17) is 9.47 Å². The van der Waals surface area contributed by atoms with Gasteiger partial charge in [0.2, 0.25) is 0 Å². The molecule has 5 heteroatoms. The van der Waals surface area contributed by atoms with Gasteiger partial charge < -0.3 is 20.1 Å². The molecule has 0 bridgehead atoms. The molecule has 24 heavy (non-hydrogen) atoms.